The first-order chi connectivity index (χ1) is 12.7. The molecule has 2 aliphatic rings. The van der Waals surface area contributed by atoms with E-state index < -0.39 is 0 Å². The van der Waals surface area contributed by atoms with Crippen LogP contribution in [0.3, 0.4) is 0 Å². The SMILES string of the molecule is COc1cc(-c2cc3c(N4CC5CCC(C5)C4)ccnn3c2)c(F)cn1. The predicted molar refractivity (Wildman–Crippen MR) is 98.0 cm³/mol. The van der Waals surface area contributed by atoms with Crippen LogP contribution in [0.4, 0.5) is 10.1 Å². The number of anilines is 1. The number of fused-ring (bicyclic) bond motifs is 3. The van der Waals surface area contributed by atoms with Crippen LogP contribution in [0, 0.1) is 17.7 Å². The quantitative estimate of drug-likeness (QED) is 0.719. The van der Waals surface area contributed by atoms with Crippen LogP contribution in [0.1, 0.15) is 19.3 Å². The van der Waals surface area contributed by atoms with E-state index in [0.29, 0.717) is 11.4 Å². The van der Waals surface area contributed by atoms with Crippen LogP contribution in [0.2, 0.25) is 0 Å². The van der Waals surface area contributed by atoms with Crippen molar-refractivity contribution in [2.45, 2.75) is 19.3 Å². The molecule has 6 heteroatoms. The van der Waals surface area contributed by atoms with Crippen molar-refractivity contribution in [2.24, 2.45) is 11.8 Å². The Hall–Kier alpha value is -2.63. The molecule has 0 spiro atoms. The molecule has 5 rings (SSSR count). The summed E-state index contributed by atoms with van der Waals surface area (Å²) in [5.74, 6) is 1.65. The van der Waals surface area contributed by atoms with Gasteiger partial charge in [0.15, 0.2) is 0 Å². The van der Waals surface area contributed by atoms with Gasteiger partial charge in [-0.3, -0.25) is 0 Å². The second kappa shape index (κ2) is 5.97. The Morgan fingerprint density at radius 1 is 1.19 bits per heavy atom. The van der Waals surface area contributed by atoms with E-state index in [4.69, 9.17) is 4.74 Å². The zero-order chi connectivity index (χ0) is 17.7. The molecule has 134 valence electrons. The van der Waals surface area contributed by atoms with Gasteiger partial charge in [-0.2, -0.15) is 5.10 Å². The fraction of sp³-hybridized carbons (Fsp3) is 0.400. The molecule has 3 aromatic heterocycles. The summed E-state index contributed by atoms with van der Waals surface area (Å²) in [5, 5.41) is 4.43. The Kier molecular flexibility index (Phi) is 3.58. The van der Waals surface area contributed by atoms with Gasteiger partial charge in [0, 0.05) is 42.7 Å². The average molecular weight is 352 g/mol. The Labute approximate surface area is 151 Å². The number of pyridine rings is 1. The van der Waals surface area contributed by atoms with E-state index in [1.165, 1.54) is 38.3 Å². The minimum absolute atomic E-state index is 0.362. The van der Waals surface area contributed by atoms with Crippen molar-refractivity contribution in [3.63, 3.8) is 0 Å². The van der Waals surface area contributed by atoms with Gasteiger partial charge in [-0.05, 0) is 43.2 Å². The van der Waals surface area contributed by atoms with Crippen LogP contribution in [0.25, 0.3) is 16.6 Å². The summed E-state index contributed by atoms with van der Waals surface area (Å²) in [5.41, 5.74) is 3.46. The maximum atomic E-state index is 14.3. The molecule has 1 saturated carbocycles. The Balaban J connectivity index is 1.58. The van der Waals surface area contributed by atoms with Gasteiger partial charge in [-0.15, -0.1) is 0 Å². The Bertz CT molecular complexity index is 958. The van der Waals surface area contributed by atoms with Gasteiger partial charge in [0.1, 0.15) is 5.82 Å². The number of piperidine rings is 1. The van der Waals surface area contributed by atoms with Gasteiger partial charge in [-0.25, -0.2) is 13.9 Å². The molecule has 0 aromatic carbocycles. The first-order valence-corrected chi connectivity index (χ1v) is 9.13. The van der Waals surface area contributed by atoms with Crippen molar-refractivity contribution < 1.29 is 9.13 Å². The van der Waals surface area contributed by atoms with E-state index in [2.05, 4.69) is 21.0 Å². The number of ether oxygens (including phenoxy) is 1. The van der Waals surface area contributed by atoms with Crippen LogP contribution in [0.5, 0.6) is 5.88 Å². The molecule has 2 bridgehead atoms. The highest BCUT2D eigenvalue weighted by Crippen LogP contribution is 2.39. The Morgan fingerprint density at radius 2 is 2.00 bits per heavy atom. The largest absolute Gasteiger partial charge is 0.481 e. The molecule has 0 amide bonds. The molecule has 1 aliphatic heterocycles. The van der Waals surface area contributed by atoms with E-state index in [-0.39, 0.29) is 5.82 Å². The topological polar surface area (TPSA) is 42.7 Å². The number of hydrogen-bond donors (Lipinski definition) is 0. The second-order valence-electron chi connectivity index (χ2n) is 7.43. The van der Waals surface area contributed by atoms with E-state index in [1.807, 2.05) is 23.0 Å². The van der Waals surface area contributed by atoms with E-state index >= 15 is 0 Å². The molecule has 3 aromatic rings. The van der Waals surface area contributed by atoms with Crippen molar-refractivity contribution in [3.8, 4) is 17.0 Å². The normalized spacial score (nSPS) is 22.2. The third-order valence-electron chi connectivity index (χ3n) is 5.78. The van der Waals surface area contributed by atoms with Crippen LogP contribution >= 0.6 is 0 Å². The highest BCUT2D eigenvalue weighted by atomic mass is 19.1. The number of rotatable bonds is 3. The molecular weight excluding hydrogens is 331 g/mol. The van der Waals surface area contributed by atoms with Gasteiger partial charge in [-0.1, -0.05) is 0 Å². The number of nitrogens with zero attached hydrogens (tertiary/aromatic N) is 4. The molecule has 1 aliphatic carbocycles. The van der Waals surface area contributed by atoms with Crippen molar-refractivity contribution in [3.05, 3.63) is 42.6 Å². The summed E-state index contributed by atoms with van der Waals surface area (Å²) in [7, 11) is 1.53. The van der Waals surface area contributed by atoms with Gasteiger partial charge >= 0.3 is 0 Å². The third kappa shape index (κ3) is 2.52. The first-order valence-electron chi connectivity index (χ1n) is 9.13. The number of aromatic nitrogens is 3. The second-order valence-corrected chi connectivity index (χ2v) is 7.43. The van der Waals surface area contributed by atoms with Crippen LogP contribution in [-0.2, 0) is 0 Å². The molecular formula is C20H21FN4O. The smallest absolute Gasteiger partial charge is 0.213 e. The molecule has 0 N–H and O–H groups in total. The standard InChI is InChI=1S/C20H21FN4O/c1-26-20-8-16(17(21)9-22-20)15-7-19-18(4-5-23-25(19)12-15)24-10-13-2-3-14(6-13)11-24/h4-5,7-9,12-14H,2-3,6,10-11H2,1H3. The third-order valence-corrected chi connectivity index (χ3v) is 5.78. The van der Waals surface area contributed by atoms with E-state index in [0.717, 1.165) is 36.0 Å². The van der Waals surface area contributed by atoms with Gasteiger partial charge in [0.25, 0.3) is 0 Å². The zero-order valence-corrected chi connectivity index (χ0v) is 14.7. The maximum absolute atomic E-state index is 14.3. The van der Waals surface area contributed by atoms with Crippen molar-refractivity contribution >= 4 is 11.2 Å². The maximum Gasteiger partial charge on any atom is 0.213 e. The lowest BCUT2D eigenvalue weighted by molar-refractivity contribution is 0.396. The number of halogens is 1. The van der Waals surface area contributed by atoms with E-state index in [9.17, 15) is 4.39 Å². The summed E-state index contributed by atoms with van der Waals surface area (Å²) in [4.78, 5) is 6.41. The predicted octanol–water partition coefficient (Wildman–Crippen LogP) is 3.78. The fourth-order valence-electron chi connectivity index (χ4n) is 4.57. The zero-order valence-electron chi connectivity index (χ0n) is 14.7. The first kappa shape index (κ1) is 15.6. The molecule has 2 atom stereocenters. The number of hydrogen-bond acceptors (Lipinski definition) is 4. The Morgan fingerprint density at radius 3 is 2.77 bits per heavy atom. The van der Waals surface area contributed by atoms with Gasteiger partial charge in [0.05, 0.1) is 24.5 Å². The molecule has 2 fully saturated rings. The van der Waals surface area contributed by atoms with Gasteiger partial charge in [0.2, 0.25) is 5.88 Å². The monoisotopic (exact) mass is 352 g/mol. The average Bonchev–Trinajstić information content (AvgIpc) is 3.24. The summed E-state index contributed by atoms with van der Waals surface area (Å²) in [6, 6.07) is 5.72. The van der Waals surface area contributed by atoms with Crippen LogP contribution in [-0.4, -0.2) is 34.8 Å². The minimum atomic E-state index is -0.362. The molecule has 26 heavy (non-hydrogen) atoms. The summed E-state index contributed by atoms with van der Waals surface area (Å²) >= 11 is 0. The molecule has 2 unspecified atom stereocenters. The molecule has 0 radical (unpaired) electrons. The lowest BCUT2D eigenvalue weighted by Gasteiger charge is -2.33. The molecule has 1 saturated heterocycles. The molecule has 4 heterocycles. The number of methoxy groups -OCH3 is 1. The summed E-state index contributed by atoms with van der Waals surface area (Å²) in [6.45, 7) is 2.21. The van der Waals surface area contributed by atoms with Crippen LogP contribution in [0.15, 0.2) is 36.8 Å². The highest BCUT2D eigenvalue weighted by Gasteiger charge is 2.33. The summed E-state index contributed by atoms with van der Waals surface area (Å²) in [6.07, 6.45) is 8.95. The lowest BCUT2D eigenvalue weighted by Crippen LogP contribution is -2.36. The van der Waals surface area contributed by atoms with Crippen LogP contribution < -0.4 is 9.64 Å². The van der Waals surface area contributed by atoms with Gasteiger partial charge < -0.3 is 9.64 Å². The molecule has 5 nitrogen and oxygen atoms in total. The summed E-state index contributed by atoms with van der Waals surface area (Å²) < 4.78 is 21.3. The van der Waals surface area contributed by atoms with Crippen molar-refractivity contribution in [1.82, 2.24) is 14.6 Å². The van der Waals surface area contributed by atoms with Crippen molar-refractivity contribution in [1.29, 1.82) is 0 Å². The van der Waals surface area contributed by atoms with E-state index in [1.54, 1.807) is 6.07 Å². The highest BCUT2D eigenvalue weighted by molar-refractivity contribution is 5.80. The minimum Gasteiger partial charge on any atom is -0.481 e. The lowest BCUT2D eigenvalue weighted by atomic mass is 9.98. The fourth-order valence-corrected chi connectivity index (χ4v) is 4.57. The van der Waals surface area contributed by atoms with Crippen molar-refractivity contribution in [2.75, 3.05) is 25.1 Å².